The predicted octanol–water partition coefficient (Wildman–Crippen LogP) is 2.55. The molecule has 1 saturated carbocycles. The van der Waals surface area contributed by atoms with Crippen LogP contribution in [-0.2, 0) is 17.5 Å². The summed E-state index contributed by atoms with van der Waals surface area (Å²) in [5.74, 6) is -0.0677. The zero-order valence-electron chi connectivity index (χ0n) is 11.5. The fourth-order valence-electron chi connectivity index (χ4n) is 1.95. The molecule has 1 aliphatic carbocycles. The summed E-state index contributed by atoms with van der Waals surface area (Å²) in [5, 5.41) is 6.31. The van der Waals surface area contributed by atoms with Crippen molar-refractivity contribution in [1.29, 1.82) is 0 Å². The van der Waals surface area contributed by atoms with E-state index in [0.29, 0.717) is 5.69 Å². The number of carbonyl (C=O) groups is 1. The minimum Gasteiger partial charge on any atom is -0.354 e. The van der Waals surface area contributed by atoms with Crippen LogP contribution in [0, 0.1) is 5.92 Å². The first kappa shape index (κ1) is 14.9. The van der Waals surface area contributed by atoms with Crippen LogP contribution in [0.25, 0.3) is 0 Å². The lowest BCUT2D eigenvalue weighted by Crippen LogP contribution is -2.31. The van der Waals surface area contributed by atoms with Crippen molar-refractivity contribution < 1.29 is 18.0 Å². The molecule has 1 heterocycles. The van der Waals surface area contributed by atoms with E-state index in [4.69, 9.17) is 0 Å². The molecular weight excluding hydrogens is 271 g/mol. The number of amides is 1. The molecule has 1 aromatic heterocycles. The van der Waals surface area contributed by atoms with Crippen molar-refractivity contribution >= 4 is 5.91 Å². The fourth-order valence-corrected chi connectivity index (χ4v) is 1.95. The van der Waals surface area contributed by atoms with E-state index in [1.54, 1.807) is 13.8 Å². The standard InChI is InChI=1S/C13H18F3N3O/c1-8(2)12(20)17-5-6-19-10(9-3-4-9)7-11(18-19)13(14,15)16/h7-9H,3-6H2,1-2H3,(H,17,20). The van der Waals surface area contributed by atoms with Crippen LogP contribution in [0.4, 0.5) is 13.2 Å². The van der Waals surface area contributed by atoms with Gasteiger partial charge in [0.2, 0.25) is 5.91 Å². The van der Waals surface area contributed by atoms with Crippen LogP contribution in [0.5, 0.6) is 0 Å². The molecule has 20 heavy (non-hydrogen) atoms. The summed E-state index contributed by atoms with van der Waals surface area (Å²) in [6.45, 7) is 4.08. The third-order valence-corrected chi connectivity index (χ3v) is 3.24. The van der Waals surface area contributed by atoms with E-state index in [9.17, 15) is 18.0 Å². The molecule has 1 aliphatic rings. The zero-order chi connectivity index (χ0) is 14.9. The number of rotatable bonds is 5. The average molecular weight is 289 g/mol. The molecule has 2 rings (SSSR count). The highest BCUT2D eigenvalue weighted by Crippen LogP contribution is 2.41. The first-order valence-electron chi connectivity index (χ1n) is 6.71. The summed E-state index contributed by atoms with van der Waals surface area (Å²) in [4.78, 5) is 11.4. The Balaban J connectivity index is 2.03. The van der Waals surface area contributed by atoms with Gasteiger partial charge in [0.15, 0.2) is 5.69 Å². The van der Waals surface area contributed by atoms with Crippen molar-refractivity contribution in [3.8, 4) is 0 Å². The predicted molar refractivity (Wildman–Crippen MR) is 67.1 cm³/mol. The van der Waals surface area contributed by atoms with Crippen LogP contribution < -0.4 is 5.32 Å². The Morgan fingerprint density at radius 3 is 2.65 bits per heavy atom. The van der Waals surface area contributed by atoms with Crippen LogP contribution in [0.1, 0.15) is 44.0 Å². The Hall–Kier alpha value is -1.53. The van der Waals surface area contributed by atoms with E-state index >= 15 is 0 Å². The Bertz CT molecular complexity index is 490. The molecule has 0 radical (unpaired) electrons. The number of carbonyl (C=O) groups excluding carboxylic acids is 1. The largest absolute Gasteiger partial charge is 0.435 e. The van der Waals surface area contributed by atoms with Gasteiger partial charge in [-0.3, -0.25) is 9.48 Å². The molecule has 0 saturated heterocycles. The topological polar surface area (TPSA) is 46.9 Å². The fraction of sp³-hybridized carbons (Fsp3) is 0.692. The molecule has 0 atom stereocenters. The second kappa shape index (κ2) is 5.46. The molecule has 0 aliphatic heterocycles. The molecule has 1 N–H and O–H groups in total. The van der Waals surface area contributed by atoms with Crippen molar-refractivity contribution in [2.45, 2.75) is 45.3 Å². The van der Waals surface area contributed by atoms with Crippen molar-refractivity contribution in [3.05, 3.63) is 17.5 Å². The maximum absolute atomic E-state index is 12.7. The van der Waals surface area contributed by atoms with Gasteiger partial charge in [-0.1, -0.05) is 13.8 Å². The molecule has 1 aromatic rings. The average Bonchev–Trinajstić information content (AvgIpc) is 3.08. The van der Waals surface area contributed by atoms with Gasteiger partial charge >= 0.3 is 6.18 Å². The lowest BCUT2D eigenvalue weighted by atomic mass is 10.2. The lowest BCUT2D eigenvalue weighted by molar-refractivity contribution is -0.141. The summed E-state index contributed by atoms with van der Waals surface area (Å²) < 4.78 is 39.4. The summed E-state index contributed by atoms with van der Waals surface area (Å²) in [6, 6.07) is 1.13. The molecular formula is C13H18F3N3O. The van der Waals surface area contributed by atoms with Gasteiger partial charge in [-0.05, 0) is 18.9 Å². The van der Waals surface area contributed by atoms with E-state index in [0.717, 1.165) is 18.9 Å². The van der Waals surface area contributed by atoms with Crippen LogP contribution in [0.3, 0.4) is 0 Å². The van der Waals surface area contributed by atoms with Gasteiger partial charge in [-0.2, -0.15) is 18.3 Å². The number of alkyl halides is 3. The van der Waals surface area contributed by atoms with Crippen LogP contribution in [0.2, 0.25) is 0 Å². The highest BCUT2D eigenvalue weighted by Gasteiger charge is 2.37. The summed E-state index contributed by atoms with van der Waals surface area (Å²) in [5.41, 5.74) is -0.231. The monoisotopic (exact) mass is 289 g/mol. The van der Waals surface area contributed by atoms with Gasteiger partial charge in [0.05, 0.1) is 6.54 Å². The highest BCUT2D eigenvalue weighted by atomic mass is 19.4. The summed E-state index contributed by atoms with van der Waals surface area (Å²) in [6.07, 6.45) is -2.61. The van der Waals surface area contributed by atoms with Gasteiger partial charge in [0.25, 0.3) is 0 Å². The Labute approximate surface area is 115 Å². The SMILES string of the molecule is CC(C)C(=O)NCCn1nc(C(F)(F)F)cc1C1CC1. The number of nitrogens with one attached hydrogen (secondary N) is 1. The maximum Gasteiger partial charge on any atom is 0.435 e. The minimum absolute atomic E-state index is 0.110. The molecule has 1 amide bonds. The first-order chi connectivity index (χ1) is 9.29. The molecule has 0 unspecified atom stereocenters. The van der Waals surface area contributed by atoms with Crippen molar-refractivity contribution in [2.24, 2.45) is 5.92 Å². The number of nitrogens with zero attached hydrogens (tertiary/aromatic N) is 2. The smallest absolute Gasteiger partial charge is 0.354 e. The van der Waals surface area contributed by atoms with E-state index in [1.165, 1.54) is 4.68 Å². The lowest BCUT2D eigenvalue weighted by Gasteiger charge is -2.09. The Morgan fingerprint density at radius 1 is 1.50 bits per heavy atom. The van der Waals surface area contributed by atoms with E-state index < -0.39 is 11.9 Å². The van der Waals surface area contributed by atoms with Crippen molar-refractivity contribution in [1.82, 2.24) is 15.1 Å². The number of hydrogen-bond donors (Lipinski definition) is 1. The number of aromatic nitrogens is 2. The third kappa shape index (κ3) is 3.52. The number of halogens is 3. The molecule has 0 spiro atoms. The molecule has 0 aromatic carbocycles. The molecule has 1 fully saturated rings. The Kier molecular flexibility index (Phi) is 4.06. The van der Waals surface area contributed by atoms with Crippen LogP contribution >= 0.6 is 0 Å². The normalized spacial score (nSPS) is 15.7. The number of hydrogen-bond acceptors (Lipinski definition) is 2. The van der Waals surface area contributed by atoms with Gasteiger partial charge in [0, 0.05) is 24.1 Å². The quantitative estimate of drug-likeness (QED) is 0.905. The second-order valence-corrected chi connectivity index (χ2v) is 5.40. The first-order valence-corrected chi connectivity index (χ1v) is 6.71. The highest BCUT2D eigenvalue weighted by molar-refractivity contribution is 5.77. The van der Waals surface area contributed by atoms with E-state index in [1.807, 2.05) is 0 Å². The summed E-state index contributed by atoms with van der Waals surface area (Å²) >= 11 is 0. The van der Waals surface area contributed by atoms with Crippen LogP contribution in [-0.4, -0.2) is 22.2 Å². The molecule has 0 bridgehead atoms. The Morgan fingerprint density at radius 2 is 2.15 bits per heavy atom. The van der Waals surface area contributed by atoms with Gasteiger partial charge in [-0.15, -0.1) is 0 Å². The van der Waals surface area contributed by atoms with Crippen molar-refractivity contribution in [3.63, 3.8) is 0 Å². The van der Waals surface area contributed by atoms with Crippen LogP contribution in [0.15, 0.2) is 6.07 Å². The molecule has 112 valence electrons. The minimum atomic E-state index is -4.42. The molecule has 7 heteroatoms. The van der Waals surface area contributed by atoms with E-state index in [2.05, 4.69) is 10.4 Å². The van der Waals surface area contributed by atoms with Gasteiger partial charge in [0.1, 0.15) is 0 Å². The van der Waals surface area contributed by atoms with Crippen molar-refractivity contribution in [2.75, 3.05) is 6.54 Å². The maximum atomic E-state index is 12.7. The summed E-state index contributed by atoms with van der Waals surface area (Å²) in [7, 11) is 0. The third-order valence-electron chi connectivity index (χ3n) is 3.24. The second-order valence-electron chi connectivity index (χ2n) is 5.40. The van der Waals surface area contributed by atoms with Gasteiger partial charge < -0.3 is 5.32 Å². The molecule has 4 nitrogen and oxygen atoms in total. The van der Waals surface area contributed by atoms with E-state index in [-0.39, 0.29) is 30.8 Å². The zero-order valence-corrected chi connectivity index (χ0v) is 11.5. The van der Waals surface area contributed by atoms with Gasteiger partial charge in [-0.25, -0.2) is 0 Å².